The van der Waals surface area contributed by atoms with Crippen LogP contribution in [0.5, 0.6) is 0 Å². The number of nitrogens with zero attached hydrogens (tertiary/aromatic N) is 1. The van der Waals surface area contributed by atoms with Crippen molar-refractivity contribution in [1.29, 1.82) is 0 Å². The molecule has 0 radical (unpaired) electrons. The Morgan fingerprint density at radius 2 is 2.15 bits per heavy atom. The van der Waals surface area contributed by atoms with Gasteiger partial charge in [0.1, 0.15) is 0 Å². The minimum Gasteiger partial charge on any atom is -0.336 e. The summed E-state index contributed by atoms with van der Waals surface area (Å²) in [5, 5.41) is 2.92. The third kappa shape index (κ3) is 2.58. The van der Waals surface area contributed by atoms with Crippen LogP contribution >= 0.6 is 0 Å². The summed E-state index contributed by atoms with van der Waals surface area (Å²) in [7, 11) is 1.16. The van der Waals surface area contributed by atoms with Crippen molar-refractivity contribution in [1.82, 2.24) is 10.2 Å². The molecule has 1 unspecified atom stereocenters. The van der Waals surface area contributed by atoms with Crippen LogP contribution in [0.15, 0.2) is 0 Å². The zero-order valence-corrected chi connectivity index (χ0v) is 7.19. The highest BCUT2D eigenvalue weighted by atomic mass is 19.4. The van der Waals surface area contributed by atoms with Crippen molar-refractivity contribution in [2.45, 2.75) is 18.6 Å². The van der Waals surface area contributed by atoms with Gasteiger partial charge in [-0.3, -0.25) is 4.79 Å². The highest BCUT2D eigenvalue weighted by molar-refractivity contribution is 5.81. The van der Waals surface area contributed by atoms with E-state index >= 15 is 0 Å². The van der Waals surface area contributed by atoms with Crippen LogP contribution in [0.3, 0.4) is 0 Å². The van der Waals surface area contributed by atoms with Crippen LogP contribution in [0.4, 0.5) is 13.2 Å². The van der Waals surface area contributed by atoms with E-state index in [2.05, 4.69) is 5.32 Å². The molecule has 6 heteroatoms. The molecule has 3 nitrogen and oxygen atoms in total. The van der Waals surface area contributed by atoms with E-state index in [0.29, 0.717) is 4.90 Å². The van der Waals surface area contributed by atoms with E-state index in [1.807, 2.05) is 0 Å². The lowest BCUT2D eigenvalue weighted by Gasteiger charge is -2.31. The number of carbonyl (C=O) groups excluding carboxylic acids is 1. The highest BCUT2D eigenvalue weighted by Crippen LogP contribution is 2.18. The van der Waals surface area contributed by atoms with Crippen LogP contribution in [0.25, 0.3) is 0 Å². The Bertz CT molecular complexity index is 200. The molecular weight excluding hydrogens is 185 g/mol. The number of hydrogen-bond acceptors (Lipinski definition) is 2. The second-order valence-corrected chi connectivity index (χ2v) is 3.12. The molecule has 0 saturated carbocycles. The molecule has 0 bridgehead atoms. The van der Waals surface area contributed by atoms with Crippen molar-refractivity contribution >= 4 is 5.91 Å². The molecule has 1 aliphatic rings. The molecule has 1 heterocycles. The number of likely N-dealkylation sites (N-methyl/N-ethyl adjacent to an activating group) is 1. The van der Waals surface area contributed by atoms with Gasteiger partial charge in [-0.1, -0.05) is 0 Å². The molecule has 1 N–H and O–H groups in total. The standard InChI is InChI=1S/C7H11F3N2O/c1-12(4-5-2-3-11-5)6(13)7(8,9)10/h5,11H,2-4H2,1H3. The smallest absolute Gasteiger partial charge is 0.336 e. The van der Waals surface area contributed by atoms with Crippen molar-refractivity contribution in [3.05, 3.63) is 0 Å². The molecule has 1 rings (SSSR count). The van der Waals surface area contributed by atoms with Gasteiger partial charge in [-0.15, -0.1) is 0 Å². The molecule has 1 aliphatic heterocycles. The molecule has 0 aromatic rings. The summed E-state index contributed by atoms with van der Waals surface area (Å²) in [6.45, 7) is 0.942. The summed E-state index contributed by atoms with van der Waals surface area (Å²) in [4.78, 5) is 11.3. The van der Waals surface area contributed by atoms with Gasteiger partial charge in [0.15, 0.2) is 0 Å². The third-order valence-corrected chi connectivity index (χ3v) is 2.01. The van der Waals surface area contributed by atoms with Gasteiger partial charge in [0, 0.05) is 19.6 Å². The third-order valence-electron chi connectivity index (χ3n) is 2.01. The van der Waals surface area contributed by atoms with Gasteiger partial charge in [-0.05, 0) is 13.0 Å². The topological polar surface area (TPSA) is 32.3 Å². The second kappa shape index (κ2) is 3.53. The van der Waals surface area contributed by atoms with Crippen LogP contribution < -0.4 is 5.32 Å². The zero-order chi connectivity index (χ0) is 10.1. The molecular formula is C7H11F3N2O. The van der Waals surface area contributed by atoms with Crippen molar-refractivity contribution in [3.63, 3.8) is 0 Å². The number of hydrogen-bond donors (Lipinski definition) is 1. The summed E-state index contributed by atoms with van der Waals surface area (Å²) >= 11 is 0. The van der Waals surface area contributed by atoms with Gasteiger partial charge >= 0.3 is 12.1 Å². The maximum atomic E-state index is 11.9. The lowest BCUT2D eigenvalue weighted by molar-refractivity contribution is -0.184. The largest absolute Gasteiger partial charge is 0.471 e. The molecule has 0 aliphatic carbocycles. The number of amides is 1. The fourth-order valence-corrected chi connectivity index (χ4v) is 1.13. The number of nitrogens with one attached hydrogen (secondary N) is 1. The first-order valence-electron chi connectivity index (χ1n) is 3.97. The fraction of sp³-hybridized carbons (Fsp3) is 0.857. The summed E-state index contributed by atoms with van der Waals surface area (Å²) in [5.41, 5.74) is 0. The van der Waals surface area contributed by atoms with Crippen LogP contribution in [0.1, 0.15) is 6.42 Å². The molecule has 76 valence electrons. The van der Waals surface area contributed by atoms with Crippen LogP contribution in [0, 0.1) is 0 Å². The molecule has 0 aromatic heterocycles. The molecule has 1 atom stereocenters. The average molecular weight is 196 g/mol. The summed E-state index contributed by atoms with van der Waals surface area (Å²) in [6.07, 6.45) is -3.92. The lowest BCUT2D eigenvalue weighted by Crippen LogP contribution is -2.52. The molecule has 0 aromatic carbocycles. The zero-order valence-electron chi connectivity index (χ0n) is 7.19. The minimum atomic E-state index is -4.75. The van der Waals surface area contributed by atoms with E-state index in [1.165, 1.54) is 0 Å². The van der Waals surface area contributed by atoms with Crippen LogP contribution in [-0.2, 0) is 4.79 Å². The second-order valence-electron chi connectivity index (χ2n) is 3.12. The van der Waals surface area contributed by atoms with Crippen LogP contribution in [0.2, 0.25) is 0 Å². The number of alkyl halides is 3. The highest BCUT2D eigenvalue weighted by Gasteiger charge is 2.41. The van der Waals surface area contributed by atoms with E-state index in [0.717, 1.165) is 20.0 Å². The van der Waals surface area contributed by atoms with Gasteiger partial charge in [0.25, 0.3) is 0 Å². The summed E-state index contributed by atoms with van der Waals surface area (Å²) in [5.74, 6) is -1.78. The first kappa shape index (κ1) is 10.3. The van der Waals surface area contributed by atoms with Crippen molar-refractivity contribution in [3.8, 4) is 0 Å². The maximum absolute atomic E-state index is 11.9. The van der Waals surface area contributed by atoms with E-state index in [9.17, 15) is 18.0 Å². The van der Waals surface area contributed by atoms with E-state index in [-0.39, 0.29) is 12.6 Å². The van der Waals surface area contributed by atoms with Crippen LogP contribution in [-0.4, -0.2) is 43.2 Å². The van der Waals surface area contributed by atoms with Crippen molar-refractivity contribution in [2.75, 3.05) is 20.1 Å². The van der Waals surface area contributed by atoms with Gasteiger partial charge in [-0.2, -0.15) is 13.2 Å². The average Bonchev–Trinajstić information content (AvgIpc) is 1.93. The molecule has 1 amide bonds. The predicted octanol–water partition coefficient (Wildman–Crippen LogP) is 0.369. The summed E-state index contributed by atoms with van der Waals surface area (Å²) in [6, 6.07) is 0.0244. The molecule has 1 fully saturated rings. The first-order valence-corrected chi connectivity index (χ1v) is 3.97. The Hall–Kier alpha value is -0.780. The van der Waals surface area contributed by atoms with Gasteiger partial charge in [0.05, 0.1) is 0 Å². The van der Waals surface area contributed by atoms with E-state index in [1.54, 1.807) is 0 Å². The minimum absolute atomic E-state index is 0.0244. The Balaban J connectivity index is 2.37. The van der Waals surface area contributed by atoms with E-state index in [4.69, 9.17) is 0 Å². The monoisotopic (exact) mass is 196 g/mol. The summed E-state index contributed by atoms with van der Waals surface area (Å²) < 4.78 is 35.6. The van der Waals surface area contributed by atoms with Crippen molar-refractivity contribution < 1.29 is 18.0 Å². The van der Waals surface area contributed by atoms with Crippen molar-refractivity contribution in [2.24, 2.45) is 0 Å². The number of halogens is 3. The molecule has 13 heavy (non-hydrogen) atoms. The maximum Gasteiger partial charge on any atom is 0.471 e. The Morgan fingerprint density at radius 1 is 1.62 bits per heavy atom. The van der Waals surface area contributed by atoms with Gasteiger partial charge in [0.2, 0.25) is 0 Å². The first-order chi connectivity index (χ1) is 5.91. The fourth-order valence-electron chi connectivity index (χ4n) is 1.13. The Labute approximate surface area is 73.9 Å². The van der Waals surface area contributed by atoms with Gasteiger partial charge < -0.3 is 10.2 Å². The molecule has 1 saturated heterocycles. The normalized spacial score (nSPS) is 22.3. The SMILES string of the molecule is CN(CC1CCN1)C(=O)C(F)(F)F. The Kier molecular flexibility index (Phi) is 2.80. The molecule has 0 spiro atoms. The predicted molar refractivity (Wildman–Crippen MR) is 40.1 cm³/mol. The Morgan fingerprint density at radius 3 is 2.46 bits per heavy atom. The van der Waals surface area contributed by atoms with E-state index < -0.39 is 12.1 Å². The lowest BCUT2D eigenvalue weighted by atomic mass is 10.1. The number of carbonyl (C=O) groups is 1. The number of rotatable bonds is 2. The van der Waals surface area contributed by atoms with Gasteiger partial charge in [-0.25, -0.2) is 0 Å². The quantitative estimate of drug-likeness (QED) is 0.692.